The van der Waals surface area contributed by atoms with Gasteiger partial charge in [-0.2, -0.15) is 0 Å². The lowest BCUT2D eigenvalue weighted by Gasteiger charge is -2.20. The van der Waals surface area contributed by atoms with Crippen LogP contribution in [0.25, 0.3) is 0 Å². The zero-order chi connectivity index (χ0) is 30.9. The van der Waals surface area contributed by atoms with Crippen LogP contribution in [0.1, 0.15) is 52.8 Å². The third-order valence-corrected chi connectivity index (χ3v) is 7.32. The summed E-state index contributed by atoms with van der Waals surface area (Å²) in [5.74, 6) is -0.909. The second-order valence-electron chi connectivity index (χ2n) is 9.67. The SMILES string of the molecule is O=C(c1ccc(Cl)nc1)N1CCN(CCCCCCCN2CCN(C(=O)c3ccc(Cl)nc3)C2=N[N+](=O)[O-])C1=N[N+](=O)[O-]. The van der Waals surface area contributed by atoms with Crippen molar-refractivity contribution < 1.29 is 19.7 Å². The van der Waals surface area contributed by atoms with Crippen molar-refractivity contribution in [2.45, 2.75) is 32.1 Å². The molecule has 18 heteroatoms. The smallest absolute Gasteiger partial charge is 0.281 e. The molecule has 2 aromatic heterocycles. The number of nitrogens with zero attached hydrogens (tertiary/aromatic N) is 10. The van der Waals surface area contributed by atoms with E-state index in [0.29, 0.717) is 26.2 Å². The Bertz CT molecular complexity index is 1300. The number of hydrogen-bond donors (Lipinski definition) is 0. The van der Waals surface area contributed by atoms with Gasteiger partial charge in [0.25, 0.3) is 23.7 Å². The monoisotopic (exact) mass is 634 g/mol. The minimum atomic E-state index is -0.816. The van der Waals surface area contributed by atoms with Crippen LogP contribution in [0, 0.1) is 20.2 Å². The molecule has 4 heterocycles. The first-order valence-electron chi connectivity index (χ1n) is 13.5. The van der Waals surface area contributed by atoms with Gasteiger partial charge in [0.15, 0.2) is 10.1 Å². The van der Waals surface area contributed by atoms with Crippen LogP contribution < -0.4 is 0 Å². The van der Waals surface area contributed by atoms with E-state index in [2.05, 4.69) is 20.2 Å². The first-order chi connectivity index (χ1) is 20.6. The molecule has 2 saturated heterocycles. The topological polar surface area (TPSA) is 184 Å². The Morgan fingerprint density at radius 2 is 1.09 bits per heavy atom. The van der Waals surface area contributed by atoms with E-state index in [-0.39, 0.29) is 46.4 Å². The quantitative estimate of drug-likeness (QED) is 0.145. The van der Waals surface area contributed by atoms with E-state index in [9.17, 15) is 29.8 Å². The molecule has 0 bridgehead atoms. The molecular weight excluding hydrogens is 607 g/mol. The first-order valence-corrected chi connectivity index (χ1v) is 14.2. The fraction of sp³-hybridized carbons (Fsp3) is 0.440. The van der Waals surface area contributed by atoms with E-state index in [0.717, 1.165) is 32.1 Å². The molecule has 4 rings (SSSR count). The molecule has 43 heavy (non-hydrogen) atoms. The number of hydrogen-bond acceptors (Lipinski definition) is 8. The van der Waals surface area contributed by atoms with Gasteiger partial charge >= 0.3 is 0 Å². The average molecular weight is 635 g/mol. The number of carbonyl (C=O) groups excluding carboxylic acids is 2. The van der Waals surface area contributed by atoms with Gasteiger partial charge in [-0.25, -0.2) is 30.2 Å². The Morgan fingerprint density at radius 3 is 1.44 bits per heavy atom. The summed E-state index contributed by atoms with van der Waals surface area (Å²) in [6.07, 6.45) is 6.56. The largest absolute Gasteiger partial charge is 0.335 e. The summed E-state index contributed by atoms with van der Waals surface area (Å²) in [4.78, 5) is 61.9. The molecule has 0 atom stereocenters. The summed E-state index contributed by atoms with van der Waals surface area (Å²) in [5.41, 5.74) is 0.502. The lowest BCUT2D eigenvalue weighted by atomic mass is 10.1. The van der Waals surface area contributed by atoms with E-state index in [1.165, 1.54) is 46.5 Å². The van der Waals surface area contributed by atoms with Gasteiger partial charge in [0.2, 0.25) is 0 Å². The minimum absolute atomic E-state index is 0.00919. The maximum Gasteiger partial charge on any atom is 0.281 e. The fourth-order valence-corrected chi connectivity index (χ4v) is 5.05. The molecule has 2 aromatic rings. The van der Waals surface area contributed by atoms with Gasteiger partial charge in [0.05, 0.1) is 11.1 Å². The van der Waals surface area contributed by atoms with E-state index in [4.69, 9.17) is 23.2 Å². The lowest BCUT2D eigenvalue weighted by Crippen LogP contribution is -2.39. The third kappa shape index (κ3) is 8.32. The van der Waals surface area contributed by atoms with Gasteiger partial charge in [-0.15, -0.1) is 0 Å². The molecule has 2 aliphatic rings. The number of hydrazone groups is 2. The highest BCUT2D eigenvalue weighted by Crippen LogP contribution is 2.18. The number of halogens is 2. The van der Waals surface area contributed by atoms with Crippen LogP contribution >= 0.6 is 23.2 Å². The predicted octanol–water partition coefficient (Wildman–Crippen LogP) is 3.05. The number of unbranched alkanes of at least 4 members (excludes halogenated alkanes) is 4. The van der Waals surface area contributed by atoms with E-state index in [1.54, 1.807) is 9.80 Å². The molecule has 2 aliphatic heterocycles. The van der Waals surface area contributed by atoms with Crippen molar-refractivity contribution >= 4 is 46.9 Å². The number of carbonyl (C=O) groups is 2. The fourth-order valence-electron chi connectivity index (χ4n) is 4.82. The predicted molar refractivity (Wildman–Crippen MR) is 156 cm³/mol. The molecule has 0 unspecified atom stereocenters. The molecule has 0 saturated carbocycles. The van der Waals surface area contributed by atoms with E-state index >= 15 is 0 Å². The van der Waals surface area contributed by atoms with Gasteiger partial charge in [-0.3, -0.25) is 19.4 Å². The maximum atomic E-state index is 12.9. The van der Waals surface area contributed by atoms with Crippen LogP contribution in [0.15, 0.2) is 46.9 Å². The zero-order valence-corrected chi connectivity index (χ0v) is 24.4. The van der Waals surface area contributed by atoms with Gasteiger partial charge in [-0.05, 0) is 37.1 Å². The van der Waals surface area contributed by atoms with Gasteiger partial charge in [0.1, 0.15) is 20.5 Å². The molecule has 228 valence electrons. The normalized spacial score (nSPS) is 16.9. The highest BCUT2D eigenvalue weighted by molar-refractivity contribution is 6.29. The van der Waals surface area contributed by atoms with Crippen LogP contribution in [0.5, 0.6) is 0 Å². The Kier molecular flexibility index (Phi) is 10.7. The van der Waals surface area contributed by atoms with Gasteiger partial charge < -0.3 is 9.80 Å². The van der Waals surface area contributed by atoms with Crippen LogP contribution in [0.2, 0.25) is 10.3 Å². The van der Waals surface area contributed by atoms with Crippen molar-refractivity contribution in [1.29, 1.82) is 0 Å². The highest BCUT2D eigenvalue weighted by Gasteiger charge is 2.35. The Balaban J connectivity index is 1.23. The molecule has 0 aromatic carbocycles. The lowest BCUT2D eigenvalue weighted by molar-refractivity contribution is -0.486. The number of pyridine rings is 2. The maximum absolute atomic E-state index is 12.9. The summed E-state index contributed by atoms with van der Waals surface area (Å²) >= 11 is 11.6. The van der Waals surface area contributed by atoms with Crippen molar-refractivity contribution in [3.63, 3.8) is 0 Å². The van der Waals surface area contributed by atoms with Crippen LogP contribution in [0.3, 0.4) is 0 Å². The molecule has 0 spiro atoms. The molecule has 2 amide bonds. The van der Waals surface area contributed by atoms with Crippen molar-refractivity contribution in [3.05, 3.63) is 78.3 Å². The first kappa shape index (κ1) is 31.5. The van der Waals surface area contributed by atoms with Gasteiger partial charge in [0, 0.05) is 51.7 Å². The summed E-state index contributed by atoms with van der Waals surface area (Å²) in [5, 5.41) is 28.1. The average Bonchev–Trinajstić information content (AvgIpc) is 3.55. The zero-order valence-electron chi connectivity index (χ0n) is 22.9. The Morgan fingerprint density at radius 1 is 0.698 bits per heavy atom. The number of rotatable bonds is 12. The second kappa shape index (κ2) is 14.6. The molecule has 16 nitrogen and oxygen atoms in total. The van der Waals surface area contributed by atoms with Crippen molar-refractivity contribution in [2.24, 2.45) is 10.2 Å². The Hall–Kier alpha value is -4.44. The van der Waals surface area contributed by atoms with E-state index < -0.39 is 21.9 Å². The number of nitro groups is 2. The second-order valence-corrected chi connectivity index (χ2v) is 10.4. The highest BCUT2D eigenvalue weighted by atomic mass is 35.5. The summed E-state index contributed by atoms with van der Waals surface area (Å²) in [7, 11) is 0. The molecule has 0 N–H and O–H groups in total. The van der Waals surface area contributed by atoms with Crippen molar-refractivity contribution in [1.82, 2.24) is 29.6 Å². The van der Waals surface area contributed by atoms with Gasteiger partial charge in [-0.1, -0.05) is 42.5 Å². The molecular formula is C25H28Cl2N10O6. The van der Waals surface area contributed by atoms with Crippen LogP contribution in [0.4, 0.5) is 0 Å². The summed E-state index contributed by atoms with van der Waals surface area (Å²) in [6, 6.07) is 5.96. The minimum Gasteiger partial charge on any atom is -0.335 e. The summed E-state index contributed by atoms with van der Waals surface area (Å²) < 4.78 is 0. The summed E-state index contributed by atoms with van der Waals surface area (Å²) in [6.45, 7) is 2.30. The number of amides is 2. The van der Waals surface area contributed by atoms with Crippen molar-refractivity contribution in [2.75, 3.05) is 39.3 Å². The van der Waals surface area contributed by atoms with Crippen LogP contribution in [-0.2, 0) is 0 Å². The standard InChI is InChI=1S/C25H28Cl2N10O6/c26-20-8-6-18(16-28-20)22(38)34-14-12-32(24(34)30-36(40)41)10-4-2-1-3-5-11-33-13-15-35(25(33)31-37(42)43)23(39)19-7-9-21(27)29-17-19/h6-9,16-17H,1-5,10-15H2. The third-order valence-electron chi connectivity index (χ3n) is 6.87. The molecule has 2 fully saturated rings. The number of guanidine groups is 2. The molecule has 0 aliphatic carbocycles. The van der Waals surface area contributed by atoms with E-state index in [1.807, 2.05) is 0 Å². The van der Waals surface area contributed by atoms with Crippen molar-refractivity contribution in [3.8, 4) is 0 Å². The number of aromatic nitrogens is 2. The van der Waals surface area contributed by atoms with Crippen LogP contribution in [-0.4, -0.2) is 103 Å². The molecule has 0 radical (unpaired) electrons. The Labute approximate surface area is 255 Å².